The maximum absolute atomic E-state index is 11.9. The Kier molecular flexibility index (Phi) is 5.31. The molecule has 9 nitrogen and oxygen atoms in total. The maximum atomic E-state index is 11.9. The Morgan fingerprint density at radius 3 is 2.86 bits per heavy atom. The van der Waals surface area contributed by atoms with Gasteiger partial charge in [-0.05, 0) is 18.3 Å². The molecule has 124 valence electrons. The van der Waals surface area contributed by atoms with Crippen LogP contribution in [0.5, 0.6) is 0 Å². The van der Waals surface area contributed by atoms with Gasteiger partial charge in [0, 0.05) is 30.5 Å². The van der Waals surface area contributed by atoms with Crippen LogP contribution in [-0.4, -0.2) is 44.6 Å². The van der Waals surface area contributed by atoms with E-state index in [9.17, 15) is 24.2 Å². The zero-order valence-electron chi connectivity index (χ0n) is 12.0. The van der Waals surface area contributed by atoms with Gasteiger partial charge in [-0.15, -0.1) is 0 Å². The summed E-state index contributed by atoms with van der Waals surface area (Å²) < 4.78 is 22.9. The van der Waals surface area contributed by atoms with Gasteiger partial charge in [-0.25, -0.2) is 9.36 Å². The zero-order chi connectivity index (χ0) is 16.5. The highest BCUT2D eigenvalue weighted by Crippen LogP contribution is 2.60. The number of aliphatic hydroxyl groups is 1. The van der Waals surface area contributed by atoms with E-state index >= 15 is 0 Å². The minimum atomic E-state index is -3.84. The van der Waals surface area contributed by atoms with Crippen molar-refractivity contribution in [1.82, 2.24) is 9.55 Å². The van der Waals surface area contributed by atoms with Crippen LogP contribution < -0.4 is 11.2 Å². The van der Waals surface area contributed by atoms with Crippen LogP contribution in [0.4, 0.5) is 0 Å². The molecule has 0 saturated carbocycles. The molecular weight excluding hydrogens is 335 g/mol. The van der Waals surface area contributed by atoms with E-state index in [-0.39, 0.29) is 13.0 Å². The molecule has 1 saturated heterocycles. The van der Waals surface area contributed by atoms with Gasteiger partial charge < -0.3 is 19.3 Å². The van der Waals surface area contributed by atoms with E-state index < -0.39 is 35.6 Å². The summed E-state index contributed by atoms with van der Waals surface area (Å²) in [6.45, 7) is -2.66. The lowest BCUT2D eigenvalue weighted by molar-refractivity contribution is -0.0238. The first-order chi connectivity index (χ1) is 10.3. The third kappa shape index (κ3) is 3.70. The Balaban J connectivity index is 2.25. The fraction of sp³-hybridized carbons (Fsp3) is 0.636. The highest BCUT2D eigenvalue weighted by atomic mass is 32.7. The van der Waals surface area contributed by atoms with Gasteiger partial charge >= 0.3 is 12.5 Å². The lowest BCUT2D eigenvalue weighted by Crippen LogP contribution is -2.33. The summed E-state index contributed by atoms with van der Waals surface area (Å²) in [5.41, 5.74) is -0.783. The van der Waals surface area contributed by atoms with Crippen molar-refractivity contribution in [3.05, 3.63) is 32.6 Å². The first-order valence-electron chi connectivity index (χ1n) is 6.42. The number of H-pyrrole nitrogens is 1. The number of hydrogen-bond donors (Lipinski definition) is 3. The van der Waals surface area contributed by atoms with Gasteiger partial charge in [0.1, 0.15) is 6.23 Å². The molecule has 1 aromatic rings. The summed E-state index contributed by atoms with van der Waals surface area (Å²) >= 11 is 0.670. The van der Waals surface area contributed by atoms with Crippen molar-refractivity contribution in [2.75, 3.05) is 13.7 Å². The molecule has 1 fully saturated rings. The monoisotopic (exact) mass is 352 g/mol. The van der Waals surface area contributed by atoms with Crippen LogP contribution in [0.2, 0.25) is 0 Å². The summed E-state index contributed by atoms with van der Waals surface area (Å²) in [4.78, 5) is 34.9. The average Bonchev–Trinajstić information content (AvgIpc) is 2.84. The molecular formula is C11H17N2O7PS. The van der Waals surface area contributed by atoms with Gasteiger partial charge in [0.2, 0.25) is 0 Å². The summed E-state index contributed by atoms with van der Waals surface area (Å²) in [7, 11) is 1.12. The van der Waals surface area contributed by atoms with Crippen LogP contribution in [0.15, 0.2) is 15.8 Å². The van der Waals surface area contributed by atoms with Crippen LogP contribution in [0.25, 0.3) is 0 Å². The van der Waals surface area contributed by atoms with Crippen molar-refractivity contribution >= 4 is 18.2 Å². The van der Waals surface area contributed by atoms with Crippen molar-refractivity contribution in [1.29, 1.82) is 0 Å². The minimum absolute atomic E-state index is 0.217. The van der Waals surface area contributed by atoms with Crippen LogP contribution >= 0.6 is 18.2 Å². The van der Waals surface area contributed by atoms with Gasteiger partial charge in [0.15, 0.2) is 0 Å². The standard InChI is InChI=1S/C11H17N2O7PS/c1-6-4-13(11(16)12-10(6)15)9-3-8(7(5-14)20-9)22-21(17,18)19-2/h4,7-9,14H,3,5H2,1-2H3,(H,17,18)(H,12,15,16)/t7-,8+,9-/m1/s1. The number of nitrogens with one attached hydrogen (secondary N) is 1. The van der Waals surface area contributed by atoms with Crippen molar-refractivity contribution < 1.29 is 23.8 Å². The Morgan fingerprint density at radius 1 is 1.59 bits per heavy atom. The van der Waals surface area contributed by atoms with E-state index in [4.69, 9.17) is 4.74 Å². The van der Waals surface area contributed by atoms with Crippen molar-refractivity contribution in [3.8, 4) is 0 Å². The molecule has 0 bridgehead atoms. The van der Waals surface area contributed by atoms with E-state index in [0.29, 0.717) is 16.9 Å². The van der Waals surface area contributed by atoms with Crippen molar-refractivity contribution in [2.24, 2.45) is 0 Å². The molecule has 11 heteroatoms. The van der Waals surface area contributed by atoms with E-state index in [1.807, 2.05) is 0 Å². The first kappa shape index (κ1) is 17.5. The van der Waals surface area contributed by atoms with Gasteiger partial charge in [-0.3, -0.25) is 14.3 Å². The molecule has 0 radical (unpaired) electrons. The number of rotatable bonds is 5. The maximum Gasteiger partial charge on any atom is 0.386 e. The molecule has 1 aliphatic rings. The van der Waals surface area contributed by atoms with Gasteiger partial charge in [-0.1, -0.05) is 0 Å². The number of aromatic nitrogens is 2. The average molecular weight is 352 g/mol. The molecule has 3 N–H and O–H groups in total. The van der Waals surface area contributed by atoms with Gasteiger partial charge in [0.05, 0.1) is 12.7 Å². The summed E-state index contributed by atoms with van der Waals surface area (Å²) in [5, 5.41) is 8.82. The molecule has 22 heavy (non-hydrogen) atoms. The van der Waals surface area contributed by atoms with E-state index in [0.717, 1.165) is 7.11 Å². The Morgan fingerprint density at radius 2 is 2.27 bits per heavy atom. The molecule has 0 aromatic carbocycles. The Bertz CT molecular complexity index is 702. The summed E-state index contributed by atoms with van der Waals surface area (Å²) in [6.07, 6.45) is 0.122. The molecule has 0 amide bonds. The highest BCUT2D eigenvalue weighted by Gasteiger charge is 2.41. The van der Waals surface area contributed by atoms with Crippen LogP contribution in [0.1, 0.15) is 18.2 Å². The molecule has 2 heterocycles. The van der Waals surface area contributed by atoms with Gasteiger partial charge in [0.25, 0.3) is 5.56 Å². The topological polar surface area (TPSA) is 131 Å². The molecule has 0 aliphatic carbocycles. The molecule has 1 unspecified atom stereocenters. The zero-order valence-corrected chi connectivity index (χ0v) is 13.7. The number of aliphatic hydroxyl groups excluding tert-OH is 1. The van der Waals surface area contributed by atoms with Crippen LogP contribution in [-0.2, 0) is 13.8 Å². The molecule has 1 aromatic heterocycles. The normalized spacial score (nSPS) is 27.7. The van der Waals surface area contributed by atoms with Crippen molar-refractivity contribution in [3.63, 3.8) is 0 Å². The van der Waals surface area contributed by atoms with Crippen LogP contribution in [0.3, 0.4) is 0 Å². The quantitative estimate of drug-likeness (QED) is 0.630. The lowest BCUT2D eigenvalue weighted by Gasteiger charge is -2.17. The number of nitrogens with zero attached hydrogens (tertiary/aromatic N) is 1. The van der Waals surface area contributed by atoms with E-state index in [1.165, 1.54) is 10.8 Å². The second-order valence-electron chi connectivity index (χ2n) is 4.82. The first-order valence-corrected chi connectivity index (χ1v) is 9.49. The number of aromatic amines is 1. The molecule has 1 aliphatic heterocycles. The fourth-order valence-electron chi connectivity index (χ4n) is 2.16. The number of aryl methyl sites for hydroxylation is 1. The molecule has 2 rings (SSSR count). The number of hydrogen-bond acceptors (Lipinski definition) is 7. The second-order valence-corrected chi connectivity index (χ2v) is 8.96. The highest BCUT2D eigenvalue weighted by molar-refractivity contribution is 8.55. The van der Waals surface area contributed by atoms with Crippen molar-refractivity contribution in [2.45, 2.75) is 30.9 Å². The largest absolute Gasteiger partial charge is 0.394 e. The SMILES string of the molecule is COP(=O)(O)S[C@H]1C[C@H](n2cc(C)c(=O)[nH]c2=O)O[C@@H]1CO. The predicted molar refractivity (Wildman–Crippen MR) is 79.9 cm³/mol. The van der Waals surface area contributed by atoms with Crippen LogP contribution in [0, 0.1) is 6.92 Å². The summed E-state index contributed by atoms with van der Waals surface area (Å²) in [6, 6.07) is 0. The molecule has 0 spiro atoms. The summed E-state index contributed by atoms with van der Waals surface area (Å²) in [5.74, 6) is 0. The molecule has 4 atom stereocenters. The smallest absolute Gasteiger partial charge is 0.386 e. The third-order valence-corrected chi connectivity index (χ3v) is 6.87. The fourth-order valence-corrected chi connectivity index (χ4v) is 5.08. The minimum Gasteiger partial charge on any atom is -0.394 e. The predicted octanol–water partition coefficient (Wildman–Crippen LogP) is -0.0266. The lowest BCUT2D eigenvalue weighted by atomic mass is 10.2. The third-order valence-electron chi connectivity index (χ3n) is 3.32. The Hall–Kier alpha value is -0.900. The van der Waals surface area contributed by atoms with E-state index in [1.54, 1.807) is 6.92 Å². The number of ether oxygens (including phenoxy) is 1. The Labute approximate surface area is 129 Å². The second kappa shape index (κ2) is 6.69. The van der Waals surface area contributed by atoms with Gasteiger partial charge in [-0.2, -0.15) is 0 Å². The van der Waals surface area contributed by atoms with E-state index in [2.05, 4.69) is 9.51 Å².